The van der Waals surface area contributed by atoms with E-state index in [1.807, 2.05) is 0 Å². The number of benzene rings is 2. The molecule has 1 amide bonds. The van der Waals surface area contributed by atoms with Crippen molar-refractivity contribution in [2.45, 2.75) is 17.7 Å². The highest BCUT2D eigenvalue weighted by Gasteiger charge is 2.25. The third kappa shape index (κ3) is 3.65. The molecule has 2 aromatic carbocycles. The maximum atomic E-state index is 12.9. The molecular weight excluding hydrogens is 432 g/mol. The molecule has 4 aromatic rings. The molecule has 0 saturated carbocycles. The monoisotopic (exact) mass is 450 g/mol. The quantitative estimate of drug-likeness (QED) is 0.492. The summed E-state index contributed by atoms with van der Waals surface area (Å²) in [6, 6.07) is 12.7. The molecule has 1 aliphatic rings. The number of rotatable bonds is 4. The Balaban J connectivity index is 1.43. The number of carbonyl (C=O) groups is 1. The number of hydrogen-bond donors (Lipinski definition) is 2. The average molecular weight is 450 g/mol. The van der Waals surface area contributed by atoms with E-state index in [-0.39, 0.29) is 16.4 Å². The molecule has 3 heterocycles. The molecule has 0 aliphatic carbocycles. The smallest absolute Gasteiger partial charge is 0.408 e. The van der Waals surface area contributed by atoms with Gasteiger partial charge in [0.25, 0.3) is 15.9 Å². The molecule has 0 spiro atoms. The third-order valence-electron chi connectivity index (χ3n) is 5.31. The minimum Gasteiger partial charge on any atom is -0.408 e. The number of aryl methyl sites for hydroxylation is 1. The summed E-state index contributed by atoms with van der Waals surface area (Å²) in [7, 11) is -3.91. The minimum absolute atomic E-state index is 0.0288. The Labute approximate surface area is 182 Å². The first-order chi connectivity index (χ1) is 15.4. The molecule has 0 unspecified atom stereocenters. The van der Waals surface area contributed by atoms with Crippen LogP contribution in [0, 0.1) is 0 Å². The normalized spacial score (nSPS) is 13.7. The van der Waals surface area contributed by atoms with Crippen LogP contribution in [-0.2, 0) is 16.4 Å². The number of nitrogens with one attached hydrogen (secondary N) is 2. The molecule has 0 radical (unpaired) electrons. The number of pyridine rings is 1. The Bertz CT molecular complexity index is 1490. The molecule has 5 rings (SSSR count). The van der Waals surface area contributed by atoms with Crippen molar-refractivity contribution in [1.82, 2.24) is 9.97 Å². The van der Waals surface area contributed by atoms with Crippen LogP contribution in [0.3, 0.4) is 0 Å². The van der Waals surface area contributed by atoms with Gasteiger partial charge in [-0.25, -0.2) is 13.2 Å². The van der Waals surface area contributed by atoms with Gasteiger partial charge in [-0.05, 0) is 60.9 Å². The van der Waals surface area contributed by atoms with E-state index in [2.05, 4.69) is 14.7 Å². The number of aromatic amines is 1. The largest absolute Gasteiger partial charge is 0.417 e. The Morgan fingerprint density at radius 1 is 1.16 bits per heavy atom. The number of fused-ring (bicyclic) bond motifs is 2. The number of hydrogen-bond acceptors (Lipinski definition) is 6. The number of carbonyl (C=O) groups excluding carboxylic acids is 1. The van der Waals surface area contributed by atoms with Gasteiger partial charge in [0.05, 0.1) is 16.0 Å². The van der Waals surface area contributed by atoms with Crippen LogP contribution in [0.4, 0.5) is 11.4 Å². The predicted octanol–water partition coefficient (Wildman–Crippen LogP) is 2.91. The zero-order valence-electron chi connectivity index (χ0n) is 16.7. The average Bonchev–Trinajstić information content (AvgIpc) is 3.17. The zero-order chi connectivity index (χ0) is 22.3. The third-order valence-corrected chi connectivity index (χ3v) is 6.69. The van der Waals surface area contributed by atoms with Crippen LogP contribution in [0.2, 0.25) is 0 Å². The number of anilines is 2. The fourth-order valence-corrected chi connectivity index (χ4v) is 4.89. The fraction of sp³-hybridized carbons (Fsp3) is 0.136. The second-order valence-electron chi connectivity index (χ2n) is 7.42. The number of oxazole rings is 1. The van der Waals surface area contributed by atoms with E-state index in [1.54, 1.807) is 41.4 Å². The summed E-state index contributed by atoms with van der Waals surface area (Å²) in [6.07, 6.45) is 4.63. The summed E-state index contributed by atoms with van der Waals surface area (Å²) in [5, 5.41) is 0. The van der Waals surface area contributed by atoms with Gasteiger partial charge < -0.3 is 9.32 Å². The van der Waals surface area contributed by atoms with E-state index in [1.165, 1.54) is 24.4 Å². The number of nitrogens with zero attached hydrogens (tertiary/aromatic N) is 2. The maximum absolute atomic E-state index is 12.9. The maximum Gasteiger partial charge on any atom is 0.417 e. The lowest BCUT2D eigenvalue weighted by Crippen LogP contribution is -2.35. The summed E-state index contributed by atoms with van der Waals surface area (Å²) >= 11 is 0. The number of aromatic nitrogens is 2. The molecule has 0 bridgehead atoms. The van der Waals surface area contributed by atoms with Crippen LogP contribution in [0.5, 0.6) is 0 Å². The van der Waals surface area contributed by atoms with E-state index < -0.39 is 15.8 Å². The molecule has 0 atom stereocenters. The first kappa shape index (κ1) is 20.0. The minimum atomic E-state index is -3.91. The summed E-state index contributed by atoms with van der Waals surface area (Å²) in [5.74, 6) is -0.795. The van der Waals surface area contributed by atoms with Crippen molar-refractivity contribution in [3.63, 3.8) is 0 Å². The van der Waals surface area contributed by atoms with Gasteiger partial charge in [-0.2, -0.15) is 0 Å². The standard InChI is InChI=1S/C22H18N4O5S/c27-21(15-3-1-9-23-13-15)26-10-2-4-14-11-16(5-8-19(14)26)25-32(29,30)17-6-7-18-20(12-17)31-22(28)24-18/h1,3,5-9,11-13,25H,2,4,10H2,(H,24,28). The second-order valence-corrected chi connectivity index (χ2v) is 9.11. The first-order valence-electron chi connectivity index (χ1n) is 9.91. The van der Waals surface area contributed by atoms with Crippen molar-refractivity contribution < 1.29 is 17.6 Å². The van der Waals surface area contributed by atoms with E-state index >= 15 is 0 Å². The van der Waals surface area contributed by atoms with E-state index in [0.29, 0.717) is 23.3 Å². The predicted molar refractivity (Wildman–Crippen MR) is 118 cm³/mol. The molecule has 32 heavy (non-hydrogen) atoms. The number of amides is 1. The van der Waals surface area contributed by atoms with Crippen LogP contribution >= 0.6 is 0 Å². The lowest BCUT2D eigenvalue weighted by molar-refractivity contribution is 0.0984. The van der Waals surface area contributed by atoms with E-state index in [0.717, 1.165) is 24.1 Å². The van der Waals surface area contributed by atoms with Crippen LogP contribution < -0.4 is 15.4 Å². The molecule has 0 saturated heterocycles. The van der Waals surface area contributed by atoms with Crippen molar-refractivity contribution in [1.29, 1.82) is 0 Å². The molecular formula is C22H18N4O5S. The number of H-pyrrole nitrogens is 1. The molecule has 10 heteroatoms. The summed E-state index contributed by atoms with van der Waals surface area (Å²) in [6.45, 7) is 0.577. The topological polar surface area (TPSA) is 125 Å². The van der Waals surface area contributed by atoms with Crippen LogP contribution in [-0.4, -0.2) is 30.8 Å². The van der Waals surface area contributed by atoms with Gasteiger partial charge in [-0.1, -0.05) is 0 Å². The van der Waals surface area contributed by atoms with E-state index in [4.69, 9.17) is 4.42 Å². The zero-order valence-corrected chi connectivity index (χ0v) is 17.6. The van der Waals surface area contributed by atoms with Gasteiger partial charge in [0.15, 0.2) is 5.58 Å². The SMILES string of the molecule is O=C(c1cccnc1)N1CCCc2cc(NS(=O)(=O)c3ccc4[nH]c(=O)oc4c3)ccc21. The lowest BCUT2D eigenvalue weighted by Gasteiger charge is -2.30. The highest BCUT2D eigenvalue weighted by atomic mass is 32.2. The van der Waals surface area contributed by atoms with Crippen molar-refractivity contribution in [3.8, 4) is 0 Å². The van der Waals surface area contributed by atoms with Crippen molar-refractivity contribution in [2.24, 2.45) is 0 Å². The van der Waals surface area contributed by atoms with E-state index in [9.17, 15) is 18.0 Å². The first-order valence-corrected chi connectivity index (χ1v) is 11.4. The lowest BCUT2D eigenvalue weighted by atomic mass is 10.0. The van der Waals surface area contributed by atoms with Crippen LogP contribution in [0.15, 0.2) is 75.0 Å². The summed E-state index contributed by atoms with van der Waals surface area (Å²) in [5.41, 5.74) is 3.09. The van der Waals surface area contributed by atoms with Gasteiger partial charge in [0, 0.05) is 36.4 Å². The fourth-order valence-electron chi connectivity index (χ4n) is 3.82. The Morgan fingerprint density at radius 2 is 2.03 bits per heavy atom. The Hall–Kier alpha value is -3.92. The second kappa shape index (κ2) is 7.65. The Morgan fingerprint density at radius 3 is 2.84 bits per heavy atom. The van der Waals surface area contributed by atoms with Crippen molar-refractivity contribution in [2.75, 3.05) is 16.2 Å². The molecule has 2 aromatic heterocycles. The van der Waals surface area contributed by atoms with Gasteiger partial charge in [-0.3, -0.25) is 19.5 Å². The summed E-state index contributed by atoms with van der Waals surface area (Å²) < 4.78 is 33.2. The molecule has 0 fully saturated rings. The van der Waals surface area contributed by atoms with Gasteiger partial charge in [0.2, 0.25) is 0 Å². The molecule has 9 nitrogen and oxygen atoms in total. The summed E-state index contributed by atoms with van der Waals surface area (Å²) in [4.78, 5) is 32.4. The van der Waals surface area contributed by atoms with Crippen molar-refractivity contribution in [3.05, 3.63) is 82.6 Å². The Kier molecular flexibility index (Phi) is 4.78. The highest BCUT2D eigenvalue weighted by Crippen LogP contribution is 2.31. The molecule has 1 aliphatic heterocycles. The van der Waals surface area contributed by atoms with Crippen LogP contribution in [0.25, 0.3) is 11.1 Å². The van der Waals surface area contributed by atoms with Crippen LogP contribution in [0.1, 0.15) is 22.3 Å². The van der Waals surface area contributed by atoms with Crippen molar-refractivity contribution >= 4 is 38.4 Å². The number of sulfonamides is 1. The highest BCUT2D eigenvalue weighted by molar-refractivity contribution is 7.92. The van der Waals surface area contributed by atoms with Gasteiger partial charge in [0.1, 0.15) is 0 Å². The van der Waals surface area contributed by atoms with Gasteiger partial charge in [-0.15, -0.1) is 0 Å². The molecule has 162 valence electrons. The van der Waals surface area contributed by atoms with Gasteiger partial charge >= 0.3 is 5.76 Å². The molecule has 2 N–H and O–H groups in total.